The molecule has 1 heterocycles. The average Bonchev–Trinajstić information content (AvgIpc) is 2.68. The first-order valence-corrected chi connectivity index (χ1v) is 7.25. The Balaban J connectivity index is 1.88. The van der Waals surface area contributed by atoms with E-state index < -0.39 is 0 Å². The van der Waals surface area contributed by atoms with Crippen LogP contribution in [0.3, 0.4) is 0 Å². The maximum Gasteiger partial charge on any atom is 0.0325 e. The van der Waals surface area contributed by atoms with Crippen LogP contribution in [0.25, 0.3) is 0 Å². The number of hydrogen-bond donors (Lipinski definition) is 1. The highest BCUT2D eigenvalue weighted by atomic mass is 79.9. The molecule has 1 aromatic carbocycles. The monoisotopic (exact) mass is 311 g/mol. The predicted octanol–water partition coefficient (Wildman–Crippen LogP) is 2.41. The molecule has 1 atom stereocenters. The Morgan fingerprint density at radius 3 is 2.89 bits per heavy atom. The fourth-order valence-corrected chi connectivity index (χ4v) is 3.19. The van der Waals surface area contributed by atoms with Crippen LogP contribution < -0.4 is 5.73 Å². The van der Waals surface area contributed by atoms with Gasteiger partial charge in [0.05, 0.1) is 0 Å². The summed E-state index contributed by atoms with van der Waals surface area (Å²) >= 11 is 3.58. The van der Waals surface area contributed by atoms with Gasteiger partial charge in [0, 0.05) is 29.8 Å². The molecular formula is C14H22BrN3. The fourth-order valence-electron chi connectivity index (χ4n) is 2.66. The molecule has 18 heavy (non-hydrogen) atoms. The molecule has 0 aromatic heterocycles. The van der Waals surface area contributed by atoms with Gasteiger partial charge in [0.2, 0.25) is 0 Å². The molecule has 1 aliphatic rings. The summed E-state index contributed by atoms with van der Waals surface area (Å²) in [5.41, 5.74) is 7.87. The maximum atomic E-state index is 5.76. The minimum atomic E-state index is 0.811. The summed E-state index contributed by atoms with van der Waals surface area (Å²) in [6.45, 7) is 4.61. The lowest BCUT2D eigenvalue weighted by molar-refractivity contribution is 0.267. The summed E-state index contributed by atoms with van der Waals surface area (Å²) in [5, 5.41) is 0. The van der Waals surface area contributed by atoms with Gasteiger partial charge < -0.3 is 15.5 Å². The van der Waals surface area contributed by atoms with Crippen LogP contribution in [0.2, 0.25) is 0 Å². The maximum absolute atomic E-state index is 5.76. The molecule has 1 aromatic rings. The molecule has 0 saturated carbocycles. The van der Waals surface area contributed by atoms with Crippen molar-refractivity contribution in [2.24, 2.45) is 5.92 Å². The number of nitrogen functional groups attached to an aromatic ring is 1. The molecule has 0 spiro atoms. The third-order valence-electron chi connectivity index (χ3n) is 3.58. The quantitative estimate of drug-likeness (QED) is 0.867. The molecule has 0 amide bonds. The molecule has 100 valence electrons. The minimum absolute atomic E-state index is 0.811. The van der Waals surface area contributed by atoms with Crippen LogP contribution in [-0.4, -0.2) is 43.5 Å². The second-order valence-electron chi connectivity index (χ2n) is 5.46. The van der Waals surface area contributed by atoms with E-state index in [1.54, 1.807) is 0 Å². The molecular weight excluding hydrogens is 290 g/mol. The van der Waals surface area contributed by atoms with Gasteiger partial charge in [0.15, 0.2) is 0 Å². The van der Waals surface area contributed by atoms with Crippen molar-refractivity contribution in [2.75, 3.05) is 39.5 Å². The lowest BCUT2D eigenvalue weighted by Crippen LogP contribution is -2.27. The number of halogens is 1. The Hall–Kier alpha value is -0.580. The molecule has 1 fully saturated rings. The fraction of sp³-hybridized carbons (Fsp3) is 0.571. The largest absolute Gasteiger partial charge is 0.399 e. The third kappa shape index (κ3) is 3.70. The Morgan fingerprint density at radius 1 is 1.50 bits per heavy atom. The van der Waals surface area contributed by atoms with Gasteiger partial charge in [0.1, 0.15) is 0 Å². The summed E-state index contributed by atoms with van der Waals surface area (Å²) < 4.78 is 1.11. The van der Waals surface area contributed by atoms with Crippen LogP contribution in [0.5, 0.6) is 0 Å². The number of anilines is 1. The van der Waals surface area contributed by atoms with Crippen molar-refractivity contribution < 1.29 is 0 Å². The summed E-state index contributed by atoms with van der Waals surface area (Å²) in [6.07, 6.45) is 1.32. The highest BCUT2D eigenvalue weighted by Crippen LogP contribution is 2.22. The van der Waals surface area contributed by atoms with Crippen LogP contribution in [0.1, 0.15) is 12.0 Å². The van der Waals surface area contributed by atoms with Crippen LogP contribution in [0.15, 0.2) is 22.7 Å². The third-order valence-corrected chi connectivity index (χ3v) is 4.31. The summed E-state index contributed by atoms with van der Waals surface area (Å²) in [6, 6.07) is 6.06. The molecule has 1 unspecified atom stereocenters. The molecule has 0 aliphatic carbocycles. The lowest BCUT2D eigenvalue weighted by Gasteiger charge is -2.21. The van der Waals surface area contributed by atoms with Gasteiger partial charge in [-0.3, -0.25) is 0 Å². The zero-order valence-electron chi connectivity index (χ0n) is 11.2. The highest BCUT2D eigenvalue weighted by Gasteiger charge is 2.20. The Morgan fingerprint density at radius 2 is 2.28 bits per heavy atom. The molecule has 2 rings (SSSR count). The van der Waals surface area contributed by atoms with E-state index in [0.29, 0.717) is 0 Å². The first kappa shape index (κ1) is 13.8. The first-order chi connectivity index (χ1) is 8.54. The van der Waals surface area contributed by atoms with Crippen molar-refractivity contribution in [1.29, 1.82) is 0 Å². The van der Waals surface area contributed by atoms with E-state index in [1.807, 2.05) is 12.1 Å². The van der Waals surface area contributed by atoms with Crippen molar-refractivity contribution in [3.05, 3.63) is 28.2 Å². The number of hydrogen-bond acceptors (Lipinski definition) is 3. The smallest absolute Gasteiger partial charge is 0.0325 e. The minimum Gasteiger partial charge on any atom is -0.399 e. The summed E-state index contributed by atoms with van der Waals surface area (Å²) in [4.78, 5) is 4.82. The first-order valence-electron chi connectivity index (χ1n) is 6.45. The Labute approximate surface area is 118 Å². The SMILES string of the molecule is CN1CCC(CN(C)Cc2ccc(N)cc2Br)C1. The number of likely N-dealkylation sites (tertiary alicyclic amines) is 1. The van der Waals surface area contributed by atoms with Crippen molar-refractivity contribution in [3.8, 4) is 0 Å². The zero-order chi connectivity index (χ0) is 13.1. The van der Waals surface area contributed by atoms with E-state index in [1.165, 1.54) is 31.6 Å². The van der Waals surface area contributed by atoms with Gasteiger partial charge in [-0.2, -0.15) is 0 Å². The zero-order valence-corrected chi connectivity index (χ0v) is 12.8. The Kier molecular flexibility index (Phi) is 4.65. The standard InChI is InChI=1S/C14H22BrN3/c1-17-6-5-11(8-17)9-18(2)10-12-3-4-13(16)7-14(12)15/h3-4,7,11H,5-6,8-10,16H2,1-2H3. The topological polar surface area (TPSA) is 32.5 Å². The highest BCUT2D eigenvalue weighted by molar-refractivity contribution is 9.10. The van der Waals surface area contributed by atoms with Gasteiger partial charge in [-0.05, 0) is 50.7 Å². The van der Waals surface area contributed by atoms with Gasteiger partial charge in [-0.15, -0.1) is 0 Å². The molecule has 2 N–H and O–H groups in total. The molecule has 1 saturated heterocycles. The summed E-state index contributed by atoms with van der Waals surface area (Å²) in [7, 11) is 4.40. The molecule has 0 radical (unpaired) electrons. The molecule has 1 aliphatic heterocycles. The van der Waals surface area contributed by atoms with Gasteiger partial charge >= 0.3 is 0 Å². The molecule has 3 nitrogen and oxygen atoms in total. The van der Waals surface area contributed by atoms with E-state index >= 15 is 0 Å². The molecule has 0 bridgehead atoms. The van der Waals surface area contributed by atoms with Crippen LogP contribution in [0, 0.1) is 5.92 Å². The van der Waals surface area contributed by atoms with Crippen LogP contribution in [-0.2, 0) is 6.54 Å². The Bertz CT molecular complexity index is 408. The van der Waals surface area contributed by atoms with Crippen molar-refractivity contribution >= 4 is 21.6 Å². The van der Waals surface area contributed by atoms with Crippen molar-refractivity contribution in [2.45, 2.75) is 13.0 Å². The lowest BCUT2D eigenvalue weighted by atomic mass is 10.1. The predicted molar refractivity (Wildman–Crippen MR) is 80.5 cm³/mol. The van der Waals surface area contributed by atoms with Gasteiger partial charge in [0.25, 0.3) is 0 Å². The van der Waals surface area contributed by atoms with Crippen LogP contribution in [0.4, 0.5) is 5.69 Å². The second-order valence-corrected chi connectivity index (χ2v) is 6.32. The average molecular weight is 312 g/mol. The number of rotatable bonds is 4. The van der Waals surface area contributed by atoms with Crippen molar-refractivity contribution in [1.82, 2.24) is 9.80 Å². The van der Waals surface area contributed by atoms with E-state index in [4.69, 9.17) is 5.73 Å². The molecule has 4 heteroatoms. The normalized spacial score (nSPS) is 20.8. The second kappa shape index (κ2) is 6.04. The van der Waals surface area contributed by atoms with Gasteiger partial charge in [-0.25, -0.2) is 0 Å². The van der Waals surface area contributed by atoms with E-state index in [0.717, 1.165) is 22.6 Å². The number of nitrogens with two attached hydrogens (primary N) is 1. The van der Waals surface area contributed by atoms with E-state index in [2.05, 4.69) is 45.9 Å². The number of benzene rings is 1. The van der Waals surface area contributed by atoms with Crippen molar-refractivity contribution in [3.63, 3.8) is 0 Å². The van der Waals surface area contributed by atoms with E-state index in [9.17, 15) is 0 Å². The van der Waals surface area contributed by atoms with E-state index in [-0.39, 0.29) is 0 Å². The van der Waals surface area contributed by atoms with Crippen LogP contribution >= 0.6 is 15.9 Å². The number of nitrogens with zero attached hydrogens (tertiary/aromatic N) is 2. The summed E-state index contributed by atoms with van der Waals surface area (Å²) in [5.74, 6) is 0.813. The van der Waals surface area contributed by atoms with Gasteiger partial charge in [-0.1, -0.05) is 22.0 Å².